The summed E-state index contributed by atoms with van der Waals surface area (Å²) in [5.74, 6) is -0.867. The molecule has 94 valence electrons. The average Bonchev–Trinajstić information content (AvgIpc) is 2.37. The van der Waals surface area contributed by atoms with E-state index in [2.05, 4.69) is 26.8 Å². The minimum atomic E-state index is -0.867. The molecule has 0 aromatic heterocycles. The summed E-state index contributed by atoms with van der Waals surface area (Å²) in [6, 6.07) is 11.5. The van der Waals surface area contributed by atoms with Gasteiger partial charge in [-0.05, 0) is 40.3 Å². The van der Waals surface area contributed by atoms with Gasteiger partial charge in [-0.15, -0.1) is 0 Å². The Morgan fingerprint density at radius 3 is 2.50 bits per heavy atom. The van der Waals surface area contributed by atoms with Gasteiger partial charge in [0.1, 0.15) is 0 Å². The number of hydrogen-bond acceptors (Lipinski definition) is 1. The van der Waals surface area contributed by atoms with Crippen LogP contribution in [-0.4, -0.2) is 11.1 Å². The topological polar surface area (TPSA) is 37.3 Å². The number of carboxylic acids is 1. The van der Waals surface area contributed by atoms with Crippen molar-refractivity contribution in [3.63, 3.8) is 0 Å². The first-order chi connectivity index (χ1) is 8.45. The van der Waals surface area contributed by atoms with Crippen LogP contribution in [0.15, 0.2) is 36.4 Å². The van der Waals surface area contributed by atoms with Crippen LogP contribution in [0.4, 0.5) is 0 Å². The first kappa shape index (κ1) is 12.6. The first-order valence-corrected chi connectivity index (χ1v) is 6.22. The molecule has 0 saturated heterocycles. The summed E-state index contributed by atoms with van der Waals surface area (Å²) in [7, 11) is 0. The summed E-state index contributed by atoms with van der Waals surface area (Å²) < 4.78 is 0. The third-order valence-corrected chi connectivity index (χ3v) is 3.72. The molecule has 0 radical (unpaired) electrons. The van der Waals surface area contributed by atoms with Crippen molar-refractivity contribution in [1.29, 1.82) is 0 Å². The Morgan fingerprint density at radius 1 is 1.22 bits per heavy atom. The van der Waals surface area contributed by atoms with Gasteiger partial charge in [0.05, 0.1) is 5.56 Å². The van der Waals surface area contributed by atoms with E-state index in [0.29, 0.717) is 5.56 Å². The lowest BCUT2D eigenvalue weighted by molar-refractivity contribution is 0.0697. The molecule has 2 aromatic carbocycles. The number of benzene rings is 2. The highest BCUT2D eigenvalue weighted by molar-refractivity contribution is 5.96. The second-order valence-corrected chi connectivity index (χ2v) is 5.29. The van der Waals surface area contributed by atoms with Gasteiger partial charge in [-0.25, -0.2) is 4.79 Å². The normalized spacial score (nSPS) is 11.7. The van der Waals surface area contributed by atoms with Gasteiger partial charge in [-0.3, -0.25) is 0 Å². The largest absolute Gasteiger partial charge is 0.478 e. The maximum atomic E-state index is 11.2. The Bertz CT molecular complexity index is 597. The molecule has 0 amide bonds. The summed E-state index contributed by atoms with van der Waals surface area (Å²) in [5.41, 5.74) is 1.45. The van der Waals surface area contributed by atoms with E-state index in [9.17, 15) is 9.90 Å². The van der Waals surface area contributed by atoms with Crippen molar-refractivity contribution < 1.29 is 9.90 Å². The molecule has 0 fully saturated rings. The van der Waals surface area contributed by atoms with Crippen LogP contribution < -0.4 is 0 Å². The van der Waals surface area contributed by atoms with Crippen molar-refractivity contribution in [3.05, 3.63) is 47.5 Å². The molecule has 2 heteroatoms. The summed E-state index contributed by atoms with van der Waals surface area (Å²) >= 11 is 0. The predicted molar refractivity (Wildman–Crippen MR) is 74.2 cm³/mol. The van der Waals surface area contributed by atoms with Crippen molar-refractivity contribution in [1.82, 2.24) is 0 Å². The fraction of sp³-hybridized carbons (Fsp3) is 0.312. The molecular formula is C16H18O2. The maximum Gasteiger partial charge on any atom is 0.335 e. The van der Waals surface area contributed by atoms with Gasteiger partial charge in [0, 0.05) is 0 Å². The SMILES string of the molecule is CCC(C)(C)c1cc(C(=O)O)cc2ccccc12. The summed E-state index contributed by atoms with van der Waals surface area (Å²) in [5, 5.41) is 11.3. The average molecular weight is 242 g/mol. The van der Waals surface area contributed by atoms with Gasteiger partial charge in [0.15, 0.2) is 0 Å². The smallest absolute Gasteiger partial charge is 0.335 e. The lowest BCUT2D eigenvalue weighted by atomic mass is 9.79. The van der Waals surface area contributed by atoms with Gasteiger partial charge < -0.3 is 5.11 Å². The van der Waals surface area contributed by atoms with Gasteiger partial charge in [-0.1, -0.05) is 45.0 Å². The van der Waals surface area contributed by atoms with Gasteiger partial charge in [-0.2, -0.15) is 0 Å². The van der Waals surface area contributed by atoms with Crippen LogP contribution in [-0.2, 0) is 5.41 Å². The molecule has 2 aromatic rings. The molecule has 0 bridgehead atoms. The van der Waals surface area contributed by atoms with Crippen LogP contribution in [0.25, 0.3) is 10.8 Å². The van der Waals surface area contributed by atoms with Gasteiger partial charge >= 0.3 is 5.97 Å². The zero-order chi connectivity index (χ0) is 13.3. The number of carboxylic acid groups (broad SMARTS) is 1. The predicted octanol–water partition coefficient (Wildman–Crippen LogP) is 4.23. The first-order valence-electron chi connectivity index (χ1n) is 6.22. The second-order valence-electron chi connectivity index (χ2n) is 5.29. The minimum Gasteiger partial charge on any atom is -0.478 e. The number of fused-ring (bicyclic) bond motifs is 1. The number of aromatic carboxylic acids is 1. The number of rotatable bonds is 3. The van der Waals surface area contributed by atoms with Crippen LogP contribution in [0.2, 0.25) is 0 Å². The molecule has 2 nitrogen and oxygen atoms in total. The van der Waals surface area contributed by atoms with E-state index in [1.54, 1.807) is 6.07 Å². The van der Waals surface area contributed by atoms with Crippen molar-refractivity contribution in [2.24, 2.45) is 0 Å². The van der Waals surface area contributed by atoms with E-state index in [0.717, 1.165) is 22.8 Å². The van der Waals surface area contributed by atoms with Crippen LogP contribution in [0, 0.1) is 0 Å². The van der Waals surface area contributed by atoms with Crippen LogP contribution in [0.1, 0.15) is 43.1 Å². The Hall–Kier alpha value is -1.83. The van der Waals surface area contributed by atoms with E-state index in [4.69, 9.17) is 0 Å². The third kappa shape index (κ3) is 2.10. The highest BCUT2D eigenvalue weighted by Crippen LogP contribution is 2.33. The fourth-order valence-electron chi connectivity index (χ4n) is 2.18. The zero-order valence-corrected chi connectivity index (χ0v) is 11.0. The summed E-state index contributed by atoms with van der Waals surface area (Å²) in [6.45, 7) is 6.43. The van der Waals surface area contributed by atoms with E-state index in [1.165, 1.54) is 0 Å². The van der Waals surface area contributed by atoms with Crippen LogP contribution in [0.3, 0.4) is 0 Å². The van der Waals surface area contributed by atoms with Crippen molar-refractivity contribution in [3.8, 4) is 0 Å². The molecule has 0 aliphatic heterocycles. The molecule has 18 heavy (non-hydrogen) atoms. The maximum absolute atomic E-state index is 11.2. The molecule has 0 aliphatic rings. The van der Waals surface area contributed by atoms with Crippen LogP contribution >= 0.6 is 0 Å². The molecule has 0 atom stereocenters. The number of hydrogen-bond donors (Lipinski definition) is 1. The van der Waals surface area contributed by atoms with E-state index in [1.807, 2.05) is 24.3 Å². The third-order valence-electron chi connectivity index (χ3n) is 3.72. The molecule has 0 saturated carbocycles. The summed E-state index contributed by atoms with van der Waals surface area (Å²) in [4.78, 5) is 11.2. The van der Waals surface area contributed by atoms with Crippen molar-refractivity contribution >= 4 is 16.7 Å². The monoisotopic (exact) mass is 242 g/mol. The molecule has 0 aliphatic carbocycles. The number of carbonyl (C=O) groups is 1. The van der Waals surface area contributed by atoms with Crippen molar-refractivity contribution in [2.45, 2.75) is 32.6 Å². The van der Waals surface area contributed by atoms with Crippen LogP contribution in [0.5, 0.6) is 0 Å². The molecule has 1 N–H and O–H groups in total. The Morgan fingerprint density at radius 2 is 1.89 bits per heavy atom. The lowest BCUT2D eigenvalue weighted by Gasteiger charge is -2.25. The molecule has 0 heterocycles. The quantitative estimate of drug-likeness (QED) is 0.874. The van der Waals surface area contributed by atoms with E-state index in [-0.39, 0.29) is 5.41 Å². The Kier molecular flexibility index (Phi) is 3.12. The minimum absolute atomic E-state index is 0.0228. The Labute approximate surface area is 107 Å². The molecule has 0 unspecified atom stereocenters. The molecule has 0 spiro atoms. The second kappa shape index (κ2) is 4.45. The highest BCUT2D eigenvalue weighted by Gasteiger charge is 2.22. The Balaban J connectivity index is 2.80. The van der Waals surface area contributed by atoms with E-state index < -0.39 is 5.97 Å². The van der Waals surface area contributed by atoms with Gasteiger partial charge in [0.2, 0.25) is 0 Å². The molecular weight excluding hydrogens is 224 g/mol. The van der Waals surface area contributed by atoms with Crippen molar-refractivity contribution in [2.75, 3.05) is 0 Å². The van der Waals surface area contributed by atoms with Gasteiger partial charge in [0.25, 0.3) is 0 Å². The van der Waals surface area contributed by atoms with E-state index >= 15 is 0 Å². The highest BCUT2D eigenvalue weighted by atomic mass is 16.4. The zero-order valence-electron chi connectivity index (χ0n) is 11.0. The summed E-state index contributed by atoms with van der Waals surface area (Å²) in [6.07, 6.45) is 0.972. The fourth-order valence-corrected chi connectivity index (χ4v) is 2.18. The lowest BCUT2D eigenvalue weighted by Crippen LogP contribution is -2.17. The standard InChI is InChI=1S/C16H18O2/c1-4-16(2,3)14-10-12(15(17)18)9-11-7-5-6-8-13(11)14/h5-10H,4H2,1-3H3,(H,17,18). The molecule has 2 rings (SSSR count).